The molecule has 1 heterocycles. The Morgan fingerprint density at radius 2 is 1.84 bits per heavy atom. The van der Waals surface area contributed by atoms with E-state index in [1.54, 1.807) is 7.11 Å². The van der Waals surface area contributed by atoms with E-state index >= 15 is 0 Å². The Morgan fingerprint density at radius 1 is 1.16 bits per heavy atom. The van der Waals surface area contributed by atoms with Crippen molar-refractivity contribution in [1.82, 2.24) is 9.78 Å². The summed E-state index contributed by atoms with van der Waals surface area (Å²) in [6, 6.07) is 5.99. The average Bonchev–Trinajstić information content (AvgIpc) is 2.70. The molecule has 1 aromatic carbocycles. The molecule has 0 amide bonds. The smallest absolute Gasteiger partial charge is 0.122 e. The summed E-state index contributed by atoms with van der Waals surface area (Å²) in [4.78, 5) is 0. The predicted octanol–water partition coefficient (Wildman–Crippen LogP) is 2.40. The molecule has 2 N–H and O–H groups in total. The molecular weight excluding hydrogens is 238 g/mol. The molecule has 0 radical (unpaired) electrons. The van der Waals surface area contributed by atoms with Crippen LogP contribution in [-0.2, 0) is 7.05 Å². The lowest BCUT2D eigenvalue weighted by atomic mass is 9.96. The Hall–Kier alpha value is -1.81. The SMILES string of the molecule is COc1cc(C)c(C(N)c2cc(C)nn2C)cc1C. The van der Waals surface area contributed by atoms with Gasteiger partial charge < -0.3 is 10.5 Å². The van der Waals surface area contributed by atoms with Crippen molar-refractivity contribution in [2.45, 2.75) is 26.8 Å². The Balaban J connectivity index is 2.47. The highest BCUT2D eigenvalue weighted by atomic mass is 16.5. The van der Waals surface area contributed by atoms with Gasteiger partial charge in [-0.3, -0.25) is 4.68 Å². The molecular formula is C15H21N3O. The summed E-state index contributed by atoms with van der Waals surface area (Å²) in [5.74, 6) is 0.898. The number of ether oxygens (including phenoxy) is 1. The van der Waals surface area contributed by atoms with Crippen LogP contribution in [0.15, 0.2) is 18.2 Å². The molecule has 0 saturated heterocycles. The van der Waals surface area contributed by atoms with E-state index in [4.69, 9.17) is 10.5 Å². The fourth-order valence-corrected chi connectivity index (χ4v) is 2.45. The van der Waals surface area contributed by atoms with Gasteiger partial charge in [0.15, 0.2) is 0 Å². The number of hydrogen-bond donors (Lipinski definition) is 1. The third kappa shape index (κ3) is 2.49. The maximum Gasteiger partial charge on any atom is 0.122 e. The summed E-state index contributed by atoms with van der Waals surface area (Å²) in [6.07, 6.45) is 0. The van der Waals surface area contributed by atoms with Gasteiger partial charge >= 0.3 is 0 Å². The van der Waals surface area contributed by atoms with Crippen LogP contribution < -0.4 is 10.5 Å². The molecule has 0 bridgehead atoms. The second-order valence-electron chi connectivity index (χ2n) is 4.99. The van der Waals surface area contributed by atoms with Crippen molar-refractivity contribution < 1.29 is 4.74 Å². The quantitative estimate of drug-likeness (QED) is 0.921. The van der Waals surface area contributed by atoms with Gasteiger partial charge in [-0.1, -0.05) is 6.07 Å². The minimum Gasteiger partial charge on any atom is -0.496 e. The second-order valence-corrected chi connectivity index (χ2v) is 4.99. The van der Waals surface area contributed by atoms with Gasteiger partial charge in [0.2, 0.25) is 0 Å². The number of nitrogens with two attached hydrogens (primary N) is 1. The summed E-state index contributed by atoms with van der Waals surface area (Å²) in [6.45, 7) is 6.06. The molecule has 0 aliphatic rings. The van der Waals surface area contributed by atoms with Crippen LogP contribution in [-0.4, -0.2) is 16.9 Å². The van der Waals surface area contributed by atoms with Crippen LogP contribution in [0.1, 0.15) is 34.1 Å². The minimum absolute atomic E-state index is 0.171. The van der Waals surface area contributed by atoms with Crippen molar-refractivity contribution in [1.29, 1.82) is 0 Å². The van der Waals surface area contributed by atoms with Gasteiger partial charge in [-0.2, -0.15) is 5.10 Å². The average molecular weight is 259 g/mol. The molecule has 1 atom stereocenters. The first kappa shape index (κ1) is 13.6. The maximum atomic E-state index is 6.39. The molecule has 102 valence electrons. The van der Waals surface area contributed by atoms with Crippen LogP contribution in [0.3, 0.4) is 0 Å². The van der Waals surface area contributed by atoms with E-state index in [9.17, 15) is 0 Å². The molecule has 0 saturated carbocycles. The zero-order chi connectivity index (χ0) is 14.2. The number of methoxy groups -OCH3 is 1. The third-order valence-corrected chi connectivity index (χ3v) is 3.48. The molecule has 19 heavy (non-hydrogen) atoms. The van der Waals surface area contributed by atoms with E-state index in [1.807, 2.05) is 37.7 Å². The maximum absolute atomic E-state index is 6.39. The third-order valence-electron chi connectivity index (χ3n) is 3.48. The van der Waals surface area contributed by atoms with Crippen LogP contribution in [0.5, 0.6) is 5.75 Å². The van der Waals surface area contributed by atoms with E-state index in [0.29, 0.717) is 0 Å². The van der Waals surface area contributed by atoms with Crippen LogP contribution in [0.2, 0.25) is 0 Å². The first-order chi connectivity index (χ1) is 8.93. The zero-order valence-corrected chi connectivity index (χ0v) is 12.2. The molecule has 4 heteroatoms. The summed E-state index contributed by atoms with van der Waals surface area (Å²) in [5, 5.41) is 4.36. The van der Waals surface area contributed by atoms with Gasteiger partial charge in [-0.25, -0.2) is 0 Å². The topological polar surface area (TPSA) is 53.1 Å². The van der Waals surface area contributed by atoms with Crippen molar-refractivity contribution in [3.8, 4) is 5.75 Å². The zero-order valence-electron chi connectivity index (χ0n) is 12.2. The number of aromatic nitrogens is 2. The second kappa shape index (κ2) is 5.05. The van der Waals surface area contributed by atoms with E-state index in [-0.39, 0.29) is 6.04 Å². The first-order valence-corrected chi connectivity index (χ1v) is 6.35. The van der Waals surface area contributed by atoms with Crippen molar-refractivity contribution in [3.63, 3.8) is 0 Å². The summed E-state index contributed by atoms with van der Waals surface area (Å²) in [5.41, 5.74) is 11.7. The fourth-order valence-electron chi connectivity index (χ4n) is 2.45. The van der Waals surface area contributed by atoms with E-state index in [0.717, 1.165) is 33.8 Å². The molecule has 2 aromatic rings. The lowest BCUT2D eigenvalue weighted by Gasteiger charge is -2.17. The monoisotopic (exact) mass is 259 g/mol. The highest BCUT2D eigenvalue weighted by Crippen LogP contribution is 2.28. The molecule has 0 aliphatic heterocycles. The molecule has 1 aromatic heterocycles. The fraction of sp³-hybridized carbons (Fsp3) is 0.400. The van der Waals surface area contributed by atoms with Crippen molar-refractivity contribution >= 4 is 0 Å². The Bertz CT molecular complexity index is 602. The van der Waals surface area contributed by atoms with Gasteiger partial charge in [-0.05, 0) is 49.6 Å². The van der Waals surface area contributed by atoms with E-state index < -0.39 is 0 Å². The van der Waals surface area contributed by atoms with E-state index in [1.165, 1.54) is 0 Å². The van der Waals surface area contributed by atoms with E-state index in [2.05, 4.69) is 18.1 Å². The number of nitrogens with zero attached hydrogens (tertiary/aromatic N) is 2. The standard InChI is InChI=1S/C15H21N3O/c1-9-7-14(19-5)10(2)6-12(9)15(16)13-8-11(3)17-18(13)4/h6-8,15H,16H2,1-5H3. The van der Waals surface area contributed by atoms with Crippen LogP contribution >= 0.6 is 0 Å². The molecule has 0 spiro atoms. The molecule has 1 unspecified atom stereocenters. The Kier molecular flexibility index (Phi) is 3.62. The first-order valence-electron chi connectivity index (χ1n) is 6.35. The van der Waals surface area contributed by atoms with Crippen LogP contribution in [0, 0.1) is 20.8 Å². The Morgan fingerprint density at radius 3 is 2.37 bits per heavy atom. The lowest BCUT2D eigenvalue weighted by Crippen LogP contribution is -2.17. The van der Waals surface area contributed by atoms with Crippen LogP contribution in [0.4, 0.5) is 0 Å². The minimum atomic E-state index is -0.171. The van der Waals surface area contributed by atoms with Crippen LogP contribution in [0.25, 0.3) is 0 Å². The lowest BCUT2D eigenvalue weighted by molar-refractivity contribution is 0.411. The van der Waals surface area contributed by atoms with Gasteiger partial charge in [0.1, 0.15) is 5.75 Å². The number of benzene rings is 1. The molecule has 0 aliphatic carbocycles. The summed E-state index contributed by atoms with van der Waals surface area (Å²) < 4.78 is 7.18. The van der Waals surface area contributed by atoms with Crippen molar-refractivity contribution in [2.24, 2.45) is 12.8 Å². The molecule has 0 fully saturated rings. The van der Waals surface area contributed by atoms with Gasteiger partial charge in [-0.15, -0.1) is 0 Å². The Labute approximate surface area is 114 Å². The largest absolute Gasteiger partial charge is 0.496 e. The predicted molar refractivity (Wildman–Crippen MR) is 76.4 cm³/mol. The highest BCUT2D eigenvalue weighted by Gasteiger charge is 2.17. The molecule has 2 rings (SSSR count). The number of rotatable bonds is 3. The van der Waals surface area contributed by atoms with Gasteiger partial charge in [0.05, 0.1) is 24.5 Å². The summed E-state index contributed by atoms with van der Waals surface area (Å²) in [7, 11) is 3.61. The number of hydrogen-bond acceptors (Lipinski definition) is 3. The summed E-state index contributed by atoms with van der Waals surface area (Å²) >= 11 is 0. The van der Waals surface area contributed by atoms with Crippen molar-refractivity contribution in [3.05, 3.63) is 46.3 Å². The molecule has 4 nitrogen and oxygen atoms in total. The van der Waals surface area contributed by atoms with Crippen molar-refractivity contribution in [2.75, 3.05) is 7.11 Å². The normalized spacial score (nSPS) is 12.5. The highest BCUT2D eigenvalue weighted by molar-refractivity contribution is 5.44. The van der Waals surface area contributed by atoms with Gasteiger partial charge in [0.25, 0.3) is 0 Å². The number of aryl methyl sites for hydroxylation is 4. The van der Waals surface area contributed by atoms with Gasteiger partial charge in [0, 0.05) is 7.05 Å².